The first-order chi connectivity index (χ1) is 7.61. The molecule has 0 saturated heterocycles. The second-order valence-electron chi connectivity index (χ2n) is 3.68. The third-order valence-corrected chi connectivity index (χ3v) is 2.54. The van der Waals surface area contributed by atoms with Crippen molar-refractivity contribution in [3.63, 3.8) is 0 Å². The van der Waals surface area contributed by atoms with Gasteiger partial charge in [-0.05, 0) is 18.6 Å². The Morgan fingerprint density at radius 3 is 2.38 bits per heavy atom. The van der Waals surface area contributed by atoms with Crippen LogP contribution in [0.4, 0.5) is 0 Å². The molecule has 2 rings (SSSR count). The lowest BCUT2D eigenvalue weighted by Gasteiger charge is -2.08. The van der Waals surface area contributed by atoms with Crippen LogP contribution in [0.5, 0.6) is 0 Å². The average molecular weight is 216 g/mol. The van der Waals surface area contributed by atoms with Gasteiger partial charge in [0.15, 0.2) is 0 Å². The smallest absolute Gasteiger partial charge is 0.312 e. The Labute approximate surface area is 92.4 Å². The van der Waals surface area contributed by atoms with E-state index < -0.39 is 11.1 Å². The molecule has 0 atom stereocenters. The Balaban J connectivity index is 2.77. The Bertz CT molecular complexity index is 638. The van der Waals surface area contributed by atoms with Crippen molar-refractivity contribution in [1.82, 2.24) is 9.13 Å². The summed E-state index contributed by atoms with van der Waals surface area (Å²) < 4.78 is 2.65. The van der Waals surface area contributed by atoms with Crippen LogP contribution in [-0.4, -0.2) is 9.13 Å². The van der Waals surface area contributed by atoms with Gasteiger partial charge in [0.25, 0.3) is 0 Å². The monoisotopic (exact) mass is 216 g/mol. The average Bonchev–Trinajstić information content (AvgIpc) is 2.28. The van der Waals surface area contributed by atoms with Crippen molar-refractivity contribution >= 4 is 0 Å². The van der Waals surface area contributed by atoms with Crippen LogP contribution in [0.25, 0.3) is 5.69 Å². The minimum atomic E-state index is -0.528. The number of aryl methyl sites for hydroxylation is 2. The highest BCUT2D eigenvalue weighted by atomic mass is 16.2. The quantitative estimate of drug-likeness (QED) is 0.663. The van der Waals surface area contributed by atoms with Crippen LogP contribution in [-0.2, 0) is 7.05 Å². The Kier molecular flexibility index (Phi) is 2.48. The maximum Gasteiger partial charge on any atom is 0.320 e. The number of aromatic nitrogens is 2. The van der Waals surface area contributed by atoms with Gasteiger partial charge in [0.2, 0.25) is 0 Å². The van der Waals surface area contributed by atoms with E-state index in [0.717, 1.165) is 11.3 Å². The van der Waals surface area contributed by atoms with Gasteiger partial charge in [-0.15, -0.1) is 0 Å². The van der Waals surface area contributed by atoms with E-state index in [2.05, 4.69) is 0 Å². The normalized spacial score (nSPS) is 10.4. The summed E-state index contributed by atoms with van der Waals surface area (Å²) in [5.74, 6) is 0. The lowest BCUT2D eigenvalue weighted by Crippen LogP contribution is -2.38. The van der Waals surface area contributed by atoms with Crippen LogP contribution in [0.2, 0.25) is 0 Å². The molecule has 0 aliphatic rings. The van der Waals surface area contributed by atoms with E-state index in [-0.39, 0.29) is 0 Å². The van der Waals surface area contributed by atoms with Gasteiger partial charge in [-0.25, -0.2) is 0 Å². The topological polar surface area (TPSA) is 44.0 Å². The molecule has 0 N–H and O–H groups in total. The number of hydrogen-bond donors (Lipinski definition) is 0. The summed E-state index contributed by atoms with van der Waals surface area (Å²) in [5.41, 5.74) is 0.646. The van der Waals surface area contributed by atoms with Crippen molar-refractivity contribution in [3.8, 4) is 5.69 Å². The molecule has 16 heavy (non-hydrogen) atoms. The molecule has 1 aromatic carbocycles. The fourth-order valence-corrected chi connectivity index (χ4v) is 1.58. The lowest BCUT2D eigenvalue weighted by atomic mass is 10.2. The summed E-state index contributed by atoms with van der Waals surface area (Å²) in [6.45, 7) is 1.90. The van der Waals surface area contributed by atoms with E-state index in [0.29, 0.717) is 0 Å². The van der Waals surface area contributed by atoms with Crippen LogP contribution in [0.15, 0.2) is 46.2 Å². The molecule has 0 unspecified atom stereocenters. The minimum Gasteiger partial charge on any atom is -0.312 e. The van der Waals surface area contributed by atoms with E-state index in [1.165, 1.54) is 9.13 Å². The van der Waals surface area contributed by atoms with Gasteiger partial charge < -0.3 is 4.57 Å². The van der Waals surface area contributed by atoms with Crippen LogP contribution in [0, 0.1) is 6.92 Å². The Morgan fingerprint density at radius 1 is 1.00 bits per heavy atom. The summed E-state index contributed by atoms with van der Waals surface area (Å²) in [6, 6.07) is 7.45. The molecule has 4 nitrogen and oxygen atoms in total. The number of benzene rings is 1. The predicted molar refractivity (Wildman–Crippen MR) is 62.0 cm³/mol. The van der Waals surface area contributed by atoms with Crippen molar-refractivity contribution in [2.75, 3.05) is 0 Å². The Morgan fingerprint density at radius 2 is 1.69 bits per heavy atom. The summed E-state index contributed by atoms with van der Waals surface area (Å²) in [4.78, 5) is 23.3. The molecule has 0 saturated carbocycles. The first-order valence-electron chi connectivity index (χ1n) is 4.95. The van der Waals surface area contributed by atoms with Crippen molar-refractivity contribution in [2.24, 2.45) is 7.05 Å². The van der Waals surface area contributed by atoms with Crippen molar-refractivity contribution in [3.05, 3.63) is 62.9 Å². The maximum absolute atomic E-state index is 11.8. The van der Waals surface area contributed by atoms with Crippen LogP contribution in [0.1, 0.15) is 5.56 Å². The third kappa shape index (κ3) is 1.58. The third-order valence-electron chi connectivity index (χ3n) is 2.54. The molecular weight excluding hydrogens is 204 g/mol. The van der Waals surface area contributed by atoms with E-state index >= 15 is 0 Å². The second kappa shape index (κ2) is 3.81. The van der Waals surface area contributed by atoms with Gasteiger partial charge in [0, 0.05) is 19.4 Å². The lowest BCUT2D eigenvalue weighted by molar-refractivity contribution is 0.785. The molecule has 1 heterocycles. The number of rotatable bonds is 1. The standard InChI is InChI=1S/C12H12N2O2/c1-9-5-3-4-6-10(9)14-8-7-13(2)11(15)12(14)16/h3-8H,1-2H3. The fraction of sp³-hybridized carbons (Fsp3) is 0.167. The van der Waals surface area contributed by atoms with Gasteiger partial charge in [-0.3, -0.25) is 14.2 Å². The number of para-hydroxylation sites is 1. The largest absolute Gasteiger partial charge is 0.320 e. The molecule has 0 aliphatic heterocycles. The second-order valence-corrected chi connectivity index (χ2v) is 3.68. The van der Waals surface area contributed by atoms with Gasteiger partial charge in [0.05, 0.1) is 5.69 Å². The molecule has 0 bridgehead atoms. The van der Waals surface area contributed by atoms with Crippen LogP contribution >= 0.6 is 0 Å². The van der Waals surface area contributed by atoms with Crippen molar-refractivity contribution < 1.29 is 0 Å². The summed E-state index contributed by atoms with van der Waals surface area (Å²) in [6.07, 6.45) is 3.18. The maximum atomic E-state index is 11.8. The summed E-state index contributed by atoms with van der Waals surface area (Å²) >= 11 is 0. The Hall–Kier alpha value is -2.10. The molecule has 0 spiro atoms. The zero-order chi connectivity index (χ0) is 11.7. The van der Waals surface area contributed by atoms with Gasteiger partial charge in [-0.1, -0.05) is 18.2 Å². The highest BCUT2D eigenvalue weighted by molar-refractivity contribution is 5.39. The van der Waals surface area contributed by atoms with Crippen LogP contribution < -0.4 is 11.1 Å². The SMILES string of the molecule is Cc1ccccc1-n1ccn(C)c(=O)c1=O. The van der Waals surface area contributed by atoms with E-state index in [4.69, 9.17) is 0 Å². The highest BCUT2D eigenvalue weighted by Gasteiger charge is 2.05. The number of hydrogen-bond acceptors (Lipinski definition) is 2. The molecular formula is C12H12N2O2. The zero-order valence-electron chi connectivity index (χ0n) is 9.18. The number of nitrogens with zero attached hydrogens (tertiary/aromatic N) is 2. The predicted octanol–water partition coefficient (Wildman–Crippen LogP) is 0.845. The molecule has 2 aromatic rings. The fourth-order valence-electron chi connectivity index (χ4n) is 1.58. The molecule has 0 fully saturated rings. The van der Waals surface area contributed by atoms with Gasteiger partial charge >= 0.3 is 11.1 Å². The van der Waals surface area contributed by atoms with E-state index in [1.807, 2.05) is 31.2 Å². The first-order valence-corrected chi connectivity index (χ1v) is 4.95. The molecule has 0 aliphatic carbocycles. The first kappa shape index (κ1) is 10.4. The molecule has 1 aromatic heterocycles. The molecule has 0 radical (unpaired) electrons. The van der Waals surface area contributed by atoms with Gasteiger partial charge in [-0.2, -0.15) is 0 Å². The summed E-state index contributed by atoms with van der Waals surface area (Å²) in [5, 5.41) is 0. The minimum absolute atomic E-state index is 0.522. The van der Waals surface area contributed by atoms with E-state index in [1.54, 1.807) is 19.4 Å². The molecule has 0 amide bonds. The van der Waals surface area contributed by atoms with Crippen LogP contribution in [0.3, 0.4) is 0 Å². The van der Waals surface area contributed by atoms with Crippen molar-refractivity contribution in [2.45, 2.75) is 6.92 Å². The summed E-state index contributed by atoms with van der Waals surface area (Å²) in [7, 11) is 1.56. The van der Waals surface area contributed by atoms with E-state index in [9.17, 15) is 9.59 Å². The van der Waals surface area contributed by atoms with Gasteiger partial charge in [0.1, 0.15) is 0 Å². The molecule has 82 valence electrons. The molecule has 4 heteroatoms. The van der Waals surface area contributed by atoms with Crippen molar-refractivity contribution in [1.29, 1.82) is 0 Å². The zero-order valence-corrected chi connectivity index (χ0v) is 9.18. The highest BCUT2D eigenvalue weighted by Crippen LogP contribution is 2.09.